The largest absolute Gasteiger partial charge is 0.478 e. The van der Waals surface area contributed by atoms with E-state index in [-0.39, 0.29) is 18.9 Å². The monoisotopic (exact) mass is 406 g/mol. The minimum Gasteiger partial charge on any atom is -0.478 e. The number of anilines is 2. The van der Waals surface area contributed by atoms with Crippen LogP contribution in [-0.4, -0.2) is 39.0 Å². The van der Waals surface area contributed by atoms with Gasteiger partial charge in [-0.15, -0.1) is 11.8 Å². The molecule has 0 spiro atoms. The average Bonchev–Trinajstić information content (AvgIpc) is 2.83. The molecule has 0 saturated carbocycles. The lowest BCUT2D eigenvalue weighted by atomic mass is 10.2. The normalized spacial score (nSPS) is 16.8. The molecule has 2 aromatic carbocycles. The van der Waals surface area contributed by atoms with Gasteiger partial charge in [0.15, 0.2) is 6.10 Å². The zero-order valence-corrected chi connectivity index (χ0v) is 16.8. The average molecular weight is 407 g/mol. The summed E-state index contributed by atoms with van der Waals surface area (Å²) in [5.41, 5.74) is 1.19. The van der Waals surface area contributed by atoms with Gasteiger partial charge in [0.2, 0.25) is 10.0 Å². The molecule has 1 aliphatic rings. The third kappa shape index (κ3) is 4.56. The summed E-state index contributed by atoms with van der Waals surface area (Å²) in [6.07, 6.45) is 0.636. The summed E-state index contributed by atoms with van der Waals surface area (Å²) in [4.78, 5) is 13.8. The molecule has 0 bridgehead atoms. The fourth-order valence-electron chi connectivity index (χ4n) is 2.92. The van der Waals surface area contributed by atoms with Crippen molar-refractivity contribution in [3.05, 3.63) is 48.5 Å². The maximum absolute atomic E-state index is 12.8. The zero-order chi connectivity index (χ0) is 19.4. The Morgan fingerprint density at radius 2 is 1.93 bits per heavy atom. The van der Waals surface area contributed by atoms with Crippen molar-refractivity contribution in [2.75, 3.05) is 28.2 Å². The molecule has 6 nitrogen and oxygen atoms in total. The second kappa shape index (κ2) is 8.22. The molecular formula is C19H22N2O4S2. The number of fused-ring (bicyclic) bond motifs is 1. The zero-order valence-electron chi connectivity index (χ0n) is 15.2. The molecule has 27 heavy (non-hydrogen) atoms. The lowest BCUT2D eigenvalue weighted by molar-refractivity contribution is -0.122. The standard InChI is InChI=1S/C19H22N2O4S2/c1-3-26-18-11-7-4-8-14(18)20-19(22)17-12-13-21(27(2,23)24)15-9-5-6-10-16(15)25-17/h4-11,17H,3,12-13H2,1-2H3,(H,20,22)/t17-/m1/s1. The Labute approximate surface area is 164 Å². The molecule has 0 fully saturated rings. The molecule has 0 saturated heterocycles. The van der Waals surface area contributed by atoms with Crippen LogP contribution in [0, 0.1) is 0 Å². The van der Waals surface area contributed by atoms with Gasteiger partial charge in [0.1, 0.15) is 5.75 Å². The molecule has 1 atom stereocenters. The highest BCUT2D eigenvalue weighted by Crippen LogP contribution is 2.34. The number of benzene rings is 2. The summed E-state index contributed by atoms with van der Waals surface area (Å²) >= 11 is 1.64. The highest BCUT2D eigenvalue weighted by Gasteiger charge is 2.31. The van der Waals surface area contributed by atoms with E-state index in [1.807, 2.05) is 31.2 Å². The molecule has 2 aromatic rings. The highest BCUT2D eigenvalue weighted by molar-refractivity contribution is 7.99. The summed E-state index contributed by atoms with van der Waals surface area (Å²) in [6.45, 7) is 2.23. The molecule has 1 N–H and O–H groups in total. The first kappa shape index (κ1) is 19.6. The fourth-order valence-corrected chi connectivity index (χ4v) is 4.63. The number of nitrogens with zero attached hydrogens (tertiary/aromatic N) is 1. The lowest BCUT2D eigenvalue weighted by Gasteiger charge is -2.20. The van der Waals surface area contributed by atoms with Crippen LogP contribution in [-0.2, 0) is 14.8 Å². The first-order valence-corrected chi connectivity index (χ1v) is 11.5. The number of carbonyl (C=O) groups excluding carboxylic acids is 1. The second-order valence-corrected chi connectivity index (χ2v) is 9.33. The van der Waals surface area contributed by atoms with Crippen LogP contribution in [0.5, 0.6) is 5.75 Å². The smallest absolute Gasteiger partial charge is 0.265 e. The van der Waals surface area contributed by atoms with E-state index in [0.29, 0.717) is 11.4 Å². The molecule has 0 unspecified atom stereocenters. The Morgan fingerprint density at radius 1 is 1.22 bits per heavy atom. The van der Waals surface area contributed by atoms with Gasteiger partial charge in [0.05, 0.1) is 17.6 Å². The first-order valence-electron chi connectivity index (χ1n) is 8.66. The van der Waals surface area contributed by atoms with Crippen LogP contribution in [0.4, 0.5) is 11.4 Å². The summed E-state index contributed by atoms with van der Waals surface area (Å²) in [6, 6.07) is 14.5. The number of sulfonamides is 1. The van der Waals surface area contributed by atoms with E-state index in [1.54, 1.807) is 36.0 Å². The van der Waals surface area contributed by atoms with Gasteiger partial charge in [0.25, 0.3) is 5.91 Å². The minimum atomic E-state index is -3.47. The SMILES string of the molecule is CCSc1ccccc1NC(=O)[C@H]1CCN(S(C)(=O)=O)c2ccccc2O1. The van der Waals surface area contributed by atoms with Crippen LogP contribution < -0.4 is 14.4 Å². The van der Waals surface area contributed by atoms with E-state index in [9.17, 15) is 13.2 Å². The number of thioether (sulfide) groups is 1. The molecular weight excluding hydrogens is 384 g/mol. The second-order valence-electron chi connectivity index (χ2n) is 6.12. The van der Waals surface area contributed by atoms with Crippen LogP contribution in [0.1, 0.15) is 13.3 Å². The molecule has 144 valence electrons. The number of para-hydroxylation sites is 3. The highest BCUT2D eigenvalue weighted by atomic mass is 32.2. The van der Waals surface area contributed by atoms with Crippen molar-refractivity contribution < 1.29 is 17.9 Å². The maximum atomic E-state index is 12.8. The summed E-state index contributed by atoms with van der Waals surface area (Å²) < 4.78 is 31.5. The van der Waals surface area contributed by atoms with Crippen molar-refractivity contribution in [3.8, 4) is 5.75 Å². The Morgan fingerprint density at radius 3 is 2.67 bits per heavy atom. The fraction of sp³-hybridized carbons (Fsp3) is 0.316. The van der Waals surface area contributed by atoms with E-state index in [2.05, 4.69) is 5.32 Å². The number of nitrogens with one attached hydrogen (secondary N) is 1. The van der Waals surface area contributed by atoms with Gasteiger partial charge in [-0.25, -0.2) is 8.42 Å². The Bertz CT molecular complexity index is 931. The van der Waals surface area contributed by atoms with Crippen molar-refractivity contribution in [2.45, 2.75) is 24.3 Å². The van der Waals surface area contributed by atoms with Crippen LogP contribution >= 0.6 is 11.8 Å². The topological polar surface area (TPSA) is 75.7 Å². The Balaban J connectivity index is 1.84. The molecule has 1 heterocycles. The predicted molar refractivity (Wildman–Crippen MR) is 109 cm³/mol. The van der Waals surface area contributed by atoms with Crippen molar-refractivity contribution in [1.29, 1.82) is 0 Å². The quantitative estimate of drug-likeness (QED) is 0.771. The van der Waals surface area contributed by atoms with Crippen molar-refractivity contribution in [3.63, 3.8) is 0 Å². The van der Waals surface area contributed by atoms with Gasteiger partial charge in [-0.2, -0.15) is 0 Å². The van der Waals surface area contributed by atoms with Crippen LogP contribution in [0.15, 0.2) is 53.4 Å². The van der Waals surface area contributed by atoms with Crippen molar-refractivity contribution in [2.24, 2.45) is 0 Å². The number of carbonyl (C=O) groups is 1. The van der Waals surface area contributed by atoms with E-state index >= 15 is 0 Å². The summed E-state index contributed by atoms with van der Waals surface area (Å²) in [7, 11) is -3.47. The maximum Gasteiger partial charge on any atom is 0.265 e. The van der Waals surface area contributed by atoms with Crippen molar-refractivity contribution >= 4 is 39.1 Å². The number of hydrogen-bond donors (Lipinski definition) is 1. The third-order valence-electron chi connectivity index (χ3n) is 4.14. The Hall–Kier alpha value is -2.19. The van der Waals surface area contributed by atoms with Crippen LogP contribution in [0.25, 0.3) is 0 Å². The van der Waals surface area contributed by atoms with Crippen molar-refractivity contribution in [1.82, 2.24) is 0 Å². The molecule has 1 amide bonds. The number of rotatable bonds is 5. The third-order valence-corrected chi connectivity index (χ3v) is 6.27. The predicted octanol–water partition coefficient (Wildman–Crippen LogP) is 3.35. The van der Waals surface area contributed by atoms with Gasteiger partial charge in [-0.3, -0.25) is 9.10 Å². The Kier molecular flexibility index (Phi) is 5.96. The lowest BCUT2D eigenvalue weighted by Crippen LogP contribution is -2.36. The summed E-state index contributed by atoms with van der Waals surface area (Å²) in [5.74, 6) is 0.991. The molecule has 0 radical (unpaired) electrons. The number of ether oxygens (including phenoxy) is 1. The van der Waals surface area contributed by atoms with E-state index in [4.69, 9.17) is 4.74 Å². The van der Waals surface area contributed by atoms with Crippen LogP contribution in [0.2, 0.25) is 0 Å². The molecule has 1 aliphatic heterocycles. The molecule has 0 aliphatic carbocycles. The van der Waals surface area contributed by atoms with Crippen LogP contribution in [0.3, 0.4) is 0 Å². The van der Waals surface area contributed by atoms with Gasteiger partial charge in [-0.05, 0) is 30.0 Å². The van der Waals surface area contributed by atoms with Gasteiger partial charge < -0.3 is 10.1 Å². The van der Waals surface area contributed by atoms with E-state index in [1.165, 1.54) is 4.31 Å². The molecule has 0 aromatic heterocycles. The van der Waals surface area contributed by atoms with E-state index in [0.717, 1.165) is 22.6 Å². The first-order chi connectivity index (χ1) is 12.9. The minimum absolute atomic E-state index is 0.180. The molecule has 8 heteroatoms. The molecule has 3 rings (SSSR count). The van der Waals surface area contributed by atoms with Gasteiger partial charge >= 0.3 is 0 Å². The number of amides is 1. The van der Waals surface area contributed by atoms with E-state index < -0.39 is 16.1 Å². The van der Waals surface area contributed by atoms with Gasteiger partial charge in [-0.1, -0.05) is 31.2 Å². The van der Waals surface area contributed by atoms with Gasteiger partial charge in [0, 0.05) is 17.9 Å². The number of hydrogen-bond acceptors (Lipinski definition) is 5. The summed E-state index contributed by atoms with van der Waals surface area (Å²) in [5, 5.41) is 2.92.